The second-order valence-electron chi connectivity index (χ2n) is 5.30. The zero-order chi connectivity index (χ0) is 16.7. The molecule has 7 heteroatoms. The Morgan fingerprint density at radius 1 is 1.30 bits per heavy atom. The van der Waals surface area contributed by atoms with Gasteiger partial charge in [0.1, 0.15) is 5.75 Å². The molecule has 1 fully saturated rings. The molecule has 1 heterocycles. The first kappa shape index (κ1) is 17.7. The fourth-order valence-electron chi connectivity index (χ4n) is 2.28. The highest BCUT2D eigenvalue weighted by molar-refractivity contribution is 9.10. The van der Waals surface area contributed by atoms with E-state index in [0.29, 0.717) is 26.0 Å². The fraction of sp³-hybridized carbons (Fsp3) is 0.500. The molecule has 1 N–H and O–H groups in total. The largest absolute Gasteiger partial charge is 0.494 e. The van der Waals surface area contributed by atoms with Crippen molar-refractivity contribution in [1.82, 2.24) is 4.90 Å². The molecule has 2 rings (SSSR count). The first-order valence-electron chi connectivity index (χ1n) is 7.57. The Morgan fingerprint density at radius 2 is 2.04 bits per heavy atom. The molecule has 0 aromatic heterocycles. The number of hydrogen-bond acceptors (Lipinski definition) is 4. The summed E-state index contributed by atoms with van der Waals surface area (Å²) in [4.78, 5) is 24.5. The van der Waals surface area contributed by atoms with Crippen molar-refractivity contribution < 1.29 is 24.2 Å². The number of carboxylic acid groups (broad SMARTS) is 1. The molecule has 126 valence electrons. The Bertz CT molecular complexity index is 534. The zero-order valence-electron chi connectivity index (χ0n) is 12.7. The Hall–Kier alpha value is -1.60. The van der Waals surface area contributed by atoms with Crippen molar-refractivity contribution in [3.8, 4) is 5.75 Å². The van der Waals surface area contributed by atoms with Crippen molar-refractivity contribution in [3.63, 3.8) is 0 Å². The molecule has 1 unspecified atom stereocenters. The molecule has 1 aliphatic rings. The van der Waals surface area contributed by atoms with Gasteiger partial charge in [0.2, 0.25) is 5.91 Å². The van der Waals surface area contributed by atoms with Crippen LogP contribution >= 0.6 is 15.9 Å². The summed E-state index contributed by atoms with van der Waals surface area (Å²) in [6, 6.07) is 7.59. The van der Waals surface area contributed by atoms with Crippen LogP contribution in [0.4, 0.5) is 0 Å². The summed E-state index contributed by atoms with van der Waals surface area (Å²) in [6.07, 6.45) is 0.975. The maximum Gasteiger partial charge on any atom is 0.334 e. The van der Waals surface area contributed by atoms with Crippen LogP contribution in [0.25, 0.3) is 0 Å². The van der Waals surface area contributed by atoms with E-state index in [0.717, 1.165) is 16.6 Å². The van der Waals surface area contributed by atoms with Gasteiger partial charge in [0.15, 0.2) is 6.10 Å². The lowest BCUT2D eigenvalue weighted by Gasteiger charge is -2.30. The quantitative estimate of drug-likeness (QED) is 0.728. The Labute approximate surface area is 143 Å². The summed E-state index contributed by atoms with van der Waals surface area (Å²) >= 11 is 3.36. The monoisotopic (exact) mass is 385 g/mol. The molecule has 23 heavy (non-hydrogen) atoms. The summed E-state index contributed by atoms with van der Waals surface area (Å²) in [6.45, 7) is 1.41. The minimum atomic E-state index is -1.02. The number of carbonyl (C=O) groups is 2. The number of halogens is 1. The van der Waals surface area contributed by atoms with E-state index in [4.69, 9.17) is 14.6 Å². The number of ether oxygens (including phenoxy) is 2. The molecule has 0 aliphatic carbocycles. The maximum atomic E-state index is 12.1. The van der Waals surface area contributed by atoms with Crippen molar-refractivity contribution in [3.05, 3.63) is 28.7 Å². The number of carbonyl (C=O) groups excluding carboxylic acids is 1. The van der Waals surface area contributed by atoms with Crippen LogP contribution in [0.1, 0.15) is 19.3 Å². The summed E-state index contributed by atoms with van der Waals surface area (Å²) in [5.41, 5.74) is 0. The highest BCUT2D eigenvalue weighted by Gasteiger charge is 2.28. The molecule has 0 spiro atoms. The van der Waals surface area contributed by atoms with Crippen molar-refractivity contribution in [2.75, 3.05) is 26.3 Å². The fourth-order valence-corrected chi connectivity index (χ4v) is 2.55. The van der Waals surface area contributed by atoms with Crippen LogP contribution in [-0.4, -0.2) is 54.3 Å². The van der Waals surface area contributed by atoms with E-state index in [2.05, 4.69) is 15.9 Å². The van der Waals surface area contributed by atoms with Gasteiger partial charge in [-0.05, 0) is 37.1 Å². The molecule has 1 amide bonds. The zero-order valence-corrected chi connectivity index (χ0v) is 14.3. The minimum Gasteiger partial charge on any atom is -0.494 e. The van der Waals surface area contributed by atoms with Gasteiger partial charge in [0.25, 0.3) is 0 Å². The highest BCUT2D eigenvalue weighted by atomic mass is 79.9. The highest BCUT2D eigenvalue weighted by Crippen LogP contribution is 2.16. The van der Waals surface area contributed by atoms with Crippen molar-refractivity contribution in [2.45, 2.75) is 25.4 Å². The van der Waals surface area contributed by atoms with Crippen LogP contribution in [0, 0.1) is 0 Å². The number of benzene rings is 1. The van der Waals surface area contributed by atoms with Crippen LogP contribution in [0.5, 0.6) is 5.75 Å². The summed E-state index contributed by atoms with van der Waals surface area (Å²) in [5.74, 6) is -0.245. The lowest BCUT2D eigenvalue weighted by atomic mass is 10.2. The molecule has 6 nitrogen and oxygen atoms in total. The lowest BCUT2D eigenvalue weighted by molar-refractivity contribution is -0.159. The van der Waals surface area contributed by atoms with Gasteiger partial charge < -0.3 is 19.5 Å². The molecular weight excluding hydrogens is 366 g/mol. The third kappa shape index (κ3) is 5.84. The van der Waals surface area contributed by atoms with Gasteiger partial charge in [-0.3, -0.25) is 4.79 Å². The molecule has 0 radical (unpaired) electrons. The predicted octanol–water partition coefficient (Wildman–Crippen LogP) is 2.31. The second-order valence-corrected chi connectivity index (χ2v) is 6.21. The van der Waals surface area contributed by atoms with Gasteiger partial charge >= 0.3 is 5.97 Å². The van der Waals surface area contributed by atoms with Gasteiger partial charge in [0, 0.05) is 17.4 Å². The van der Waals surface area contributed by atoms with E-state index in [1.54, 1.807) is 4.90 Å². The average Bonchev–Trinajstić information content (AvgIpc) is 2.56. The summed E-state index contributed by atoms with van der Waals surface area (Å²) in [5, 5.41) is 8.93. The van der Waals surface area contributed by atoms with E-state index >= 15 is 0 Å². The molecular formula is C16H20BrNO5. The van der Waals surface area contributed by atoms with Gasteiger partial charge in [-0.25, -0.2) is 4.79 Å². The van der Waals surface area contributed by atoms with E-state index in [1.165, 1.54) is 0 Å². The average molecular weight is 386 g/mol. The van der Waals surface area contributed by atoms with Crippen LogP contribution in [0.15, 0.2) is 28.7 Å². The Kier molecular flexibility index (Phi) is 6.85. The maximum absolute atomic E-state index is 12.1. The van der Waals surface area contributed by atoms with Crippen molar-refractivity contribution >= 4 is 27.8 Å². The van der Waals surface area contributed by atoms with Gasteiger partial charge in [0.05, 0.1) is 19.8 Å². The number of amides is 1. The number of morpholine rings is 1. The minimum absolute atomic E-state index is 0.0248. The van der Waals surface area contributed by atoms with E-state index in [9.17, 15) is 9.59 Å². The second kappa shape index (κ2) is 8.88. The standard InChI is InChI=1S/C16H20BrNO5/c17-12-4-6-13(7-5-12)22-9-2-1-3-15(19)18-8-10-23-14(11-18)16(20)21/h4-7,14H,1-3,8-11H2,(H,20,21). The molecule has 1 aromatic carbocycles. The van der Waals surface area contributed by atoms with Crippen LogP contribution < -0.4 is 4.74 Å². The predicted molar refractivity (Wildman–Crippen MR) is 87.4 cm³/mol. The number of nitrogens with zero attached hydrogens (tertiary/aromatic N) is 1. The van der Waals surface area contributed by atoms with Gasteiger partial charge in [-0.2, -0.15) is 0 Å². The summed E-state index contributed by atoms with van der Waals surface area (Å²) in [7, 11) is 0. The molecule has 1 atom stereocenters. The number of hydrogen-bond donors (Lipinski definition) is 1. The SMILES string of the molecule is O=C(O)C1CN(C(=O)CCCCOc2ccc(Br)cc2)CCO1. The topological polar surface area (TPSA) is 76.1 Å². The first-order chi connectivity index (χ1) is 11.1. The lowest BCUT2D eigenvalue weighted by Crippen LogP contribution is -2.48. The van der Waals surface area contributed by atoms with E-state index < -0.39 is 12.1 Å². The van der Waals surface area contributed by atoms with Crippen molar-refractivity contribution in [2.24, 2.45) is 0 Å². The van der Waals surface area contributed by atoms with Crippen LogP contribution in [0.2, 0.25) is 0 Å². The Morgan fingerprint density at radius 3 is 2.74 bits per heavy atom. The summed E-state index contributed by atoms with van der Waals surface area (Å²) < 4.78 is 11.7. The van der Waals surface area contributed by atoms with Crippen LogP contribution in [-0.2, 0) is 14.3 Å². The van der Waals surface area contributed by atoms with Gasteiger partial charge in [-0.15, -0.1) is 0 Å². The molecule has 0 saturated carbocycles. The number of aliphatic carboxylic acids is 1. The first-order valence-corrected chi connectivity index (χ1v) is 8.36. The molecule has 1 aromatic rings. The number of rotatable bonds is 7. The molecule has 0 bridgehead atoms. The smallest absolute Gasteiger partial charge is 0.334 e. The van der Waals surface area contributed by atoms with E-state index in [-0.39, 0.29) is 19.1 Å². The van der Waals surface area contributed by atoms with Crippen molar-refractivity contribution in [1.29, 1.82) is 0 Å². The number of unbranched alkanes of at least 4 members (excludes halogenated alkanes) is 1. The molecule has 1 saturated heterocycles. The number of carboxylic acids is 1. The van der Waals surface area contributed by atoms with Gasteiger partial charge in [-0.1, -0.05) is 15.9 Å². The third-order valence-corrected chi connectivity index (χ3v) is 4.09. The third-order valence-electron chi connectivity index (χ3n) is 3.56. The molecule has 1 aliphatic heterocycles. The van der Waals surface area contributed by atoms with Crippen LogP contribution in [0.3, 0.4) is 0 Å². The Balaban J connectivity index is 1.62. The normalized spacial score (nSPS) is 17.8. The van der Waals surface area contributed by atoms with E-state index in [1.807, 2.05) is 24.3 Å².